The predicted octanol–water partition coefficient (Wildman–Crippen LogP) is 3.59. The van der Waals surface area contributed by atoms with Gasteiger partial charge in [0.2, 0.25) is 0 Å². The lowest BCUT2D eigenvalue weighted by Gasteiger charge is -2.16. The van der Waals surface area contributed by atoms with Gasteiger partial charge in [0, 0.05) is 19.3 Å². The maximum Gasteiger partial charge on any atom is 0.0561 e. The summed E-state index contributed by atoms with van der Waals surface area (Å²) < 4.78 is 0. The Morgan fingerprint density at radius 2 is 1.74 bits per heavy atom. The van der Waals surface area contributed by atoms with Gasteiger partial charge < -0.3 is 4.90 Å². The molecule has 0 heterocycles. The fourth-order valence-corrected chi connectivity index (χ4v) is 1.69. The van der Waals surface area contributed by atoms with Gasteiger partial charge in [-0.3, -0.25) is 5.43 Å². The molecule has 2 aromatic carbocycles. The molecule has 0 spiro atoms. The van der Waals surface area contributed by atoms with E-state index in [1.54, 1.807) is 0 Å². The van der Waals surface area contributed by atoms with E-state index in [1.165, 1.54) is 5.69 Å². The Labute approximate surface area is 114 Å². The number of benzene rings is 2. The molecule has 0 aliphatic heterocycles. The Balaban J connectivity index is 1.96. The Hall–Kier alpha value is -2.29. The van der Waals surface area contributed by atoms with E-state index < -0.39 is 0 Å². The second-order valence-electron chi connectivity index (χ2n) is 4.34. The van der Waals surface area contributed by atoms with Gasteiger partial charge in [0.1, 0.15) is 0 Å². The average molecular weight is 253 g/mol. The Morgan fingerprint density at radius 3 is 2.37 bits per heavy atom. The summed E-state index contributed by atoms with van der Waals surface area (Å²) >= 11 is 0. The van der Waals surface area contributed by atoms with Gasteiger partial charge in [0.25, 0.3) is 0 Å². The Morgan fingerprint density at radius 1 is 1.05 bits per heavy atom. The van der Waals surface area contributed by atoms with Crippen LogP contribution in [0.1, 0.15) is 12.5 Å². The first-order chi connectivity index (χ1) is 9.29. The molecule has 19 heavy (non-hydrogen) atoms. The minimum absolute atomic E-state index is 0.987. The molecule has 0 aliphatic rings. The molecule has 3 heteroatoms. The number of para-hydroxylation sites is 1. The van der Waals surface area contributed by atoms with Crippen LogP contribution >= 0.6 is 0 Å². The lowest BCUT2D eigenvalue weighted by atomic mass is 10.2. The van der Waals surface area contributed by atoms with E-state index in [1.807, 2.05) is 36.5 Å². The van der Waals surface area contributed by atoms with Crippen LogP contribution in [0, 0.1) is 0 Å². The van der Waals surface area contributed by atoms with Crippen LogP contribution in [0.3, 0.4) is 0 Å². The molecule has 3 nitrogen and oxygen atoms in total. The molecule has 0 aliphatic carbocycles. The van der Waals surface area contributed by atoms with E-state index in [9.17, 15) is 0 Å². The highest BCUT2D eigenvalue weighted by molar-refractivity contribution is 5.80. The van der Waals surface area contributed by atoms with E-state index in [-0.39, 0.29) is 0 Å². The standard InChI is InChI=1S/C16H19N3/c1-3-19(2)16-11-9-14(10-12-16)13-17-18-15-7-5-4-6-8-15/h4-13,18H,3H2,1-2H3. The summed E-state index contributed by atoms with van der Waals surface area (Å²) in [5.41, 5.74) is 6.29. The first-order valence-electron chi connectivity index (χ1n) is 6.45. The van der Waals surface area contributed by atoms with Crippen LogP contribution in [-0.4, -0.2) is 19.8 Å². The maximum atomic E-state index is 4.22. The van der Waals surface area contributed by atoms with Crippen molar-refractivity contribution in [2.75, 3.05) is 23.9 Å². The number of hydrazone groups is 1. The summed E-state index contributed by atoms with van der Waals surface area (Å²) in [6.45, 7) is 3.14. The van der Waals surface area contributed by atoms with E-state index in [4.69, 9.17) is 0 Å². The first kappa shape index (κ1) is 13.1. The van der Waals surface area contributed by atoms with Gasteiger partial charge in [-0.2, -0.15) is 5.10 Å². The molecule has 98 valence electrons. The summed E-state index contributed by atoms with van der Waals surface area (Å²) in [4.78, 5) is 2.20. The predicted molar refractivity (Wildman–Crippen MR) is 83.0 cm³/mol. The number of nitrogens with zero attached hydrogens (tertiary/aromatic N) is 2. The van der Waals surface area contributed by atoms with Crippen molar-refractivity contribution in [3.8, 4) is 0 Å². The molecule has 0 aromatic heterocycles. The van der Waals surface area contributed by atoms with Crippen LogP contribution < -0.4 is 10.3 Å². The molecule has 0 radical (unpaired) electrons. The lowest BCUT2D eigenvalue weighted by molar-refractivity contribution is 0.968. The summed E-state index contributed by atoms with van der Waals surface area (Å²) in [5.74, 6) is 0. The van der Waals surface area contributed by atoms with E-state index in [0.717, 1.165) is 17.8 Å². The highest BCUT2D eigenvalue weighted by Gasteiger charge is 1.96. The van der Waals surface area contributed by atoms with Crippen LogP contribution in [0.15, 0.2) is 59.7 Å². The van der Waals surface area contributed by atoms with E-state index in [0.29, 0.717) is 0 Å². The largest absolute Gasteiger partial charge is 0.375 e. The fraction of sp³-hybridized carbons (Fsp3) is 0.188. The van der Waals surface area contributed by atoms with Crippen molar-refractivity contribution in [1.29, 1.82) is 0 Å². The van der Waals surface area contributed by atoms with Crippen molar-refractivity contribution < 1.29 is 0 Å². The number of nitrogens with one attached hydrogen (secondary N) is 1. The van der Waals surface area contributed by atoms with Crippen molar-refractivity contribution in [3.63, 3.8) is 0 Å². The van der Waals surface area contributed by atoms with Gasteiger partial charge in [-0.1, -0.05) is 30.3 Å². The molecule has 0 saturated heterocycles. The molecule has 0 atom stereocenters. The van der Waals surface area contributed by atoms with Crippen LogP contribution in [-0.2, 0) is 0 Å². The second kappa shape index (κ2) is 6.59. The van der Waals surface area contributed by atoms with Gasteiger partial charge in [0.15, 0.2) is 0 Å². The molecule has 0 fully saturated rings. The molecule has 0 bridgehead atoms. The quantitative estimate of drug-likeness (QED) is 0.651. The molecule has 1 N–H and O–H groups in total. The number of rotatable bonds is 5. The van der Waals surface area contributed by atoms with Crippen molar-refractivity contribution >= 4 is 17.6 Å². The minimum atomic E-state index is 0.987. The molecular weight excluding hydrogens is 234 g/mol. The average Bonchev–Trinajstić information content (AvgIpc) is 2.48. The summed E-state index contributed by atoms with van der Waals surface area (Å²) in [6, 6.07) is 18.3. The van der Waals surface area contributed by atoms with Crippen molar-refractivity contribution in [2.45, 2.75) is 6.92 Å². The van der Waals surface area contributed by atoms with Gasteiger partial charge in [-0.15, -0.1) is 0 Å². The highest BCUT2D eigenvalue weighted by Crippen LogP contribution is 2.12. The zero-order valence-electron chi connectivity index (χ0n) is 11.4. The van der Waals surface area contributed by atoms with Crippen molar-refractivity contribution in [1.82, 2.24) is 0 Å². The van der Waals surface area contributed by atoms with Crippen LogP contribution in [0.25, 0.3) is 0 Å². The van der Waals surface area contributed by atoms with Crippen LogP contribution in [0.5, 0.6) is 0 Å². The number of hydrogen-bond donors (Lipinski definition) is 1. The maximum absolute atomic E-state index is 4.22. The normalized spacial score (nSPS) is 10.6. The van der Waals surface area contributed by atoms with Crippen LogP contribution in [0.4, 0.5) is 11.4 Å². The monoisotopic (exact) mass is 253 g/mol. The zero-order chi connectivity index (χ0) is 13.5. The van der Waals surface area contributed by atoms with Crippen LogP contribution in [0.2, 0.25) is 0 Å². The smallest absolute Gasteiger partial charge is 0.0561 e. The zero-order valence-corrected chi connectivity index (χ0v) is 11.4. The van der Waals surface area contributed by atoms with Gasteiger partial charge in [0.05, 0.1) is 11.9 Å². The third-order valence-electron chi connectivity index (χ3n) is 2.99. The Kier molecular flexibility index (Phi) is 4.56. The SMILES string of the molecule is CCN(C)c1ccc(C=NNc2ccccc2)cc1. The molecular formula is C16H19N3. The van der Waals surface area contributed by atoms with Gasteiger partial charge in [-0.05, 0) is 36.8 Å². The third-order valence-corrected chi connectivity index (χ3v) is 2.99. The van der Waals surface area contributed by atoms with Crippen molar-refractivity contribution in [3.05, 3.63) is 60.2 Å². The topological polar surface area (TPSA) is 27.6 Å². The van der Waals surface area contributed by atoms with E-state index in [2.05, 4.69) is 53.7 Å². The minimum Gasteiger partial charge on any atom is -0.375 e. The molecule has 0 saturated carbocycles. The molecule has 2 rings (SSSR count). The van der Waals surface area contributed by atoms with Gasteiger partial charge >= 0.3 is 0 Å². The van der Waals surface area contributed by atoms with E-state index >= 15 is 0 Å². The summed E-state index contributed by atoms with van der Waals surface area (Å²) in [5, 5.41) is 4.22. The first-order valence-corrected chi connectivity index (χ1v) is 6.45. The molecule has 0 amide bonds. The summed E-state index contributed by atoms with van der Waals surface area (Å²) in [6.07, 6.45) is 1.82. The fourth-order valence-electron chi connectivity index (χ4n) is 1.69. The van der Waals surface area contributed by atoms with Gasteiger partial charge in [-0.25, -0.2) is 0 Å². The number of anilines is 2. The third kappa shape index (κ3) is 3.85. The number of hydrogen-bond acceptors (Lipinski definition) is 3. The Bertz CT molecular complexity index is 517. The van der Waals surface area contributed by atoms with Crippen molar-refractivity contribution in [2.24, 2.45) is 5.10 Å². The lowest BCUT2D eigenvalue weighted by Crippen LogP contribution is -2.15. The molecule has 0 unspecified atom stereocenters. The highest BCUT2D eigenvalue weighted by atomic mass is 15.3. The summed E-state index contributed by atoms with van der Waals surface area (Å²) in [7, 11) is 2.08. The second-order valence-corrected chi connectivity index (χ2v) is 4.34. The molecule has 2 aromatic rings.